The van der Waals surface area contributed by atoms with Crippen molar-refractivity contribution in [1.82, 2.24) is 20.4 Å². The Balaban J connectivity index is 1.34. The molecule has 2 aliphatic rings. The molecule has 41 heavy (non-hydrogen) atoms. The van der Waals surface area contributed by atoms with Crippen molar-refractivity contribution in [3.63, 3.8) is 0 Å². The van der Waals surface area contributed by atoms with Crippen LogP contribution in [0.2, 0.25) is 0 Å². The van der Waals surface area contributed by atoms with Crippen molar-refractivity contribution in [1.29, 1.82) is 0 Å². The summed E-state index contributed by atoms with van der Waals surface area (Å²) in [7, 11) is 0. The molecule has 0 unspecified atom stereocenters. The first-order valence-electron chi connectivity index (χ1n) is 14.8. The standard InChI is InChI=1S/C32H44N4O5/c1-4-5-16-36-30(40)27(28(38)22(2)3)34-31(41)32(36)14-17-35(18-15-32)20-24-10-12-26(13-11-24)29(39)33-19-23-6-8-25(21-37)9-7-23/h6-13,22,27-28,37-38H,4-5,14-21H2,1-3H3,(H,33,39)(H,34,41)/t27-,28-/m1/s1. The van der Waals surface area contributed by atoms with E-state index in [0.717, 1.165) is 29.5 Å². The van der Waals surface area contributed by atoms with Crippen molar-refractivity contribution in [2.24, 2.45) is 5.92 Å². The molecular weight excluding hydrogens is 520 g/mol. The number of hydrogen-bond donors (Lipinski definition) is 4. The molecular formula is C32H44N4O5. The zero-order chi connectivity index (χ0) is 29.6. The molecule has 9 heteroatoms. The fourth-order valence-corrected chi connectivity index (χ4v) is 5.74. The maximum atomic E-state index is 13.5. The van der Waals surface area contributed by atoms with Crippen LogP contribution >= 0.6 is 0 Å². The number of aliphatic hydroxyl groups excluding tert-OH is 2. The summed E-state index contributed by atoms with van der Waals surface area (Å²) < 4.78 is 0. The van der Waals surface area contributed by atoms with Crippen molar-refractivity contribution in [2.75, 3.05) is 19.6 Å². The summed E-state index contributed by atoms with van der Waals surface area (Å²) >= 11 is 0. The van der Waals surface area contributed by atoms with E-state index < -0.39 is 17.7 Å². The van der Waals surface area contributed by atoms with Gasteiger partial charge in [0.2, 0.25) is 11.8 Å². The highest BCUT2D eigenvalue weighted by Gasteiger charge is 2.54. The second kappa shape index (κ2) is 13.6. The Labute approximate surface area is 242 Å². The second-order valence-corrected chi connectivity index (χ2v) is 11.7. The smallest absolute Gasteiger partial charge is 0.251 e. The molecule has 0 saturated carbocycles. The molecule has 2 aliphatic heterocycles. The van der Waals surface area contributed by atoms with Gasteiger partial charge >= 0.3 is 0 Å². The van der Waals surface area contributed by atoms with Gasteiger partial charge in [-0.2, -0.15) is 0 Å². The van der Waals surface area contributed by atoms with E-state index in [9.17, 15) is 19.5 Å². The number of hydrogen-bond acceptors (Lipinski definition) is 6. The van der Waals surface area contributed by atoms with E-state index in [4.69, 9.17) is 5.11 Å². The largest absolute Gasteiger partial charge is 0.392 e. The number of benzene rings is 2. The lowest BCUT2D eigenvalue weighted by Gasteiger charge is -2.52. The first-order valence-corrected chi connectivity index (χ1v) is 14.8. The summed E-state index contributed by atoms with van der Waals surface area (Å²) in [6.45, 7) is 8.70. The number of carbonyl (C=O) groups excluding carboxylic acids is 3. The Morgan fingerprint density at radius 3 is 2.22 bits per heavy atom. The molecule has 0 radical (unpaired) electrons. The van der Waals surface area contributed by atoms with E-state index in [1.54, 1.807) is 4.90 Å². The monoisotopic (exact) mass is 564 g/mol. The van der Waals surface area contributed by atoms with Crippen LogP contribution in [0.4, 0.5) is 0 Å². The number of piperazine rings is 1. The van der Waals surface area contributed by atoms with Crippen LogP contribution in [0.15, 0.2) is 48.5 Å². The Hall–Kier alpha value is -3.27. The topological polar surface area (TPSA) is 122 Å². The van der Waals surface area contributed by atoms with Gasteiger partial charge in [0.15, 0.2) is 0 Å². The van der Waals surface area contributed by atoms with Gasteiger partial charge in [0, 0.05) is 38.3 Å². The van der Waals surface area contributed by atoms with Gasteiger partial charge in [0.1, 0.15) is 11.6 Å². The highest BCUT2D eigenvalue weighted by Crippen LogP contribution is 2.34. The number of nitrogens with zero attached hydrogens (tertiary/aromatic N) is 2. The minimum atomic E-state index is -0.920. The van der Waals surface area contributed by atoms with Crippen molar-refractivity contribution in [3.05, 3.63) is 70.8 Å². The van der Waals surface area contributed by atoms with Gasteiger partial charge < -0.3 is 25.7 Å². The zero-order valence-electron chi connectivity index (χ0n) is 24.4. The number of unbranched alkanes of at least 4 members (excludes halogenated alkanes) is 1. The van der Waals surface area contributed by atoms with Crippen molar-refractivity contribution in [3.8, 4) is 0 Å². The molecule has 2 aromatic rings. The second-order valence-electron chi connectivity index (χ2n) is 11.7. The Morgan fingerprint density at radius 1 is 1.02 bits per heavy atom. The molecule has 0 aliphatic carbocycles. The van der Waals surface area contributed by atoms with Crippen LogP contribution in [-0.4, -0.2) is 75.1 Å². The van der Waals surface area contributed by atoms with Gasteiger partial charge in [-0.05, 0) is 54.0 Å². The maximum absolute atomic E-state index is 13.5. The van der Waals surface area contributed by atoms with Crippen LogP contribution in [0.25, 0.3) is 0 Å². The van der Waals surface area contributed by atoms with E-state index >= 15 is 0 Å². The summed E-state index contributed by atoms with van der Waals surface area (Å²) in [6, 6.07) is 14.1. The highest BCUT2D eigenvalue weighted by molar-refractivity contribution is 6.00. The third kappa shape index (κ3) is 6.97. The Morgan fingerprint density at radius 2 is 1.63 bits per heavy atom. The fraction of sp³-hybridized carbons (Fsp3) is 0.531. The van der Waals surface area contributed by atoms with Crippen molar-refractivity contribution in [2.45, 2.75) is 83.8 Å². The predicted octanol–water partition coefficient (Wildman–Crippen LogP) is 2.59. The molecule has 1 spiro atoms. The maximum Gasteiger partial charge on any atom is 0.251 e. The molecule has 222 valence electrons. The van der Waals surface area contributed by atoms with Crippen LogP contribution < -0.4 is 10.6 Å². The normalized spacial score (nSPS) is 19.9. The summed E-state index contributed by atoms with van der Waals surface area (Å²) in [6.07, 6.45) is 1.88. The molecule has 2 atom stereocenters. The highest BCUT2D eigenvalue weighted by atomic mass is 16.3. The van der Waals surface area contributed by atoms with Crippen LogP contribution in [0.3, 0.4) is 0 Å². The molecule has 2 heterocycles. The van der Waals surface area contributed by atoms with E-state index in [1.165, 1.54) is 0 Å². The van der Waals surface area contributed by atoms with Crippen LogP contribution in [0.1, 0.15) is 73.5 Å². The molecule has 0 aromatic heterocycles. The van der Waals surface area contributed by atoms with Crippen molar-refractivity contribution >= 4 is 17.7 Å². The van der Waals surface area contributed by atoms with Gasteiger partial charge in [0.25, 0.3) is 5.91 Å². The molecule has 9 nitrogen and oxygen atoms in total. The number of aliphatic hydroxyl groups is 2. The van der Waals surface area contributed by atoms with Gasteiger partial charge in [-0.25, -0.2) is 0 Å². The lowest BCUT2D eigenvalue weighted by Crippen LogP contribution is -2.74. The van der Waals surface area contributed by atoms with Gasteiger partial charge in [-0.3, -0.25) is 19.3 Å². The number of amides is 3. The summed E-state index contributed by atoms with van der Waals surface area (Å²) in [5.41, 5.74) is 2.57. The SMILES string of the molecule is CCCCN1C(=O)[C@@H]([C@H](O)C(C)C)NC(=O)C12CCN(Cc1ccc(C(=O)NCc3ccc(CO)cc3)cc1)CC2. The lowest BCUT2D eigenvalue weighted by atomic mass is 9.80. The van der Waals surface area contributed by atoms with E-state index in [1.807, 2.05) is 62.4 Å². The molecule has 2 fully saturated rings. The average molecular weight is 565 g/mol. The van der Waals surface area contributed by atoms with Crippen molar-refractivity contribution < 1.29 is 24.6 Å². The van der Waals surface area contributed by atoms with Gasteiger partial charge in [-0.15, -0.1) is 0 Å². The fourth-order valence-electron chi connectivity index (χ4n) is 5.74. The van der Waals surface area contributed by atoms with Crippen LogP contribution in [-0.2, 0) is 29.3 Å². The molecule has 0 bridgehead atoms. The first kappa shape index (κ1) is 30.7. The van der Waals surface area contributed by atoms with Gasteiger partial charge in [-0.1, -0.05) is 63.6 Å². The van der Waals surface area contributed by atoms with E-state index in [2.05, 4.69) is 22.5 Å². The number of carbonyl (C=O) groups is 3. The van der Waals surface area contributed by atoms with E-state index in [-0.39, 0.29) is 30.2 Å². The third-order valence-corrected chi connectivity index (χ3v) is 8.48. The minimum absolute atomic E-state index is 0.00638. The summed E-state index contributed by atoms with van der Waals surface area (Å²) in [4.78, 5) is 43.7. The molecule has 4 rings (SSSR count). The van der Waals surface area contributed by atoms with E-state index in [0.29, 0.717) is 51.1 Å². The summed E-state index contributed by atoms with van der Waals surface area (Å²) in [5, 5.41) is 25.6. The summed E-state index contributed by atoms with van der Waals surface area (Å²) in [5.74, 6) is -0.625. The minimum Gasteiger partial charge on any atom is -0.392 e. The average Bonchev–Trinajstić information content (AvgIpc) is 2.99. The molecule has 4 N–H and O–H groups in total. The first-order chi connectivity index (χ1) is 19.7. The number of nitrogens with one attached hydrogen (secondary N) is 2. The number of rotatable bonds is 11. The van der Waals surface area contributed by atoms with Crippen LogP contribution in [0, 0.1) is 5.92 Å². The lowest BCUT2D eigenvalue weighted by molar-refractivity contribution is -0.165. The zero-order valence-corrected chi connectivity index (χ0v) is 24.4. The van der Waals surface area contributed by atoms with Gasteiger partial charge in [0.05, 0.1) is 12.7 Å². The Bertz CT molecular complexity index is 1190. The Kier molecular flexibility index (Phi) is 10.2. The molecule has 2 saturated heterocycles. The third-order valence-electron chi connectivity index (χ3n) is 8.48. The number of likely N-dealkylation sites (tertiary alicyclic amines) is 1. The predicted molar refractivity (Wildman–Crippen MR) is 157 cm³/mol. The number of piperidine rings is 1. The quantitative estimate of drug-likeness (QED) is 0.333. The molecule has 3 amide bonds. The van der Waals surface area contributed by atoms with Crippen LogP contribution in [0.5, 0.6) is 0 Å². The molecule has 2 aromatic carbocycles.